The van der Waals surface area contributed by atoms with Gasteiger partial charge in [0.2, 0.25) is 0 Å². The smallest absolute Gasteiger partial charge is 0.127 e. The first kappa shape index (κ1) is 14.9. The van der Waals surface area contributed by atoms with E-state index in [1.54, 1.807) is 7.11 Å². The number of nitrogens with one attached hydrogen (secondary N) is 1. The molecule has 1 saturated heterocycles. The highest BCUT2D eigenvalue weighted by atomic mass is 79.9. The summed E-state index contributed by atoms with van der Waals surface area (Å²) >= 11 is 3.66. The third-order valence-corrected chi connectivity index (χ3v) is 4.49. The molecule has 1 aliphatic rings. The predicted octanol–water partition coefficient (Wildman–Crippen LogP) is 4.35. The van der Waals surface area contributed by atoms with Gasteiger partial charge in [-0.1, -0.05) is 36.7 Å². The van der Waals surface area contributed by atoms with Crippen molar-refractivity contribution in [2.24, 2.45) is 0 Å². The minimum absolute atomic E-state index is 0.0229. The number of benzene rings is 1. The molecule has 3 heteroatoms. The van der Waals surface area contributed by atoms with Crippen LogP contribution in [0.4, 0.5) is 0 Å². The third-order valence-electron chi connectivity index (χ3n) is 4.03. The van der Waals surface area contributed by atoms with Crippen molar-refractivity contribution in [2.75, 3.05) is 13.7 Å². The van der Waals surface area contributed by atoms with Crippen LogP contribution in [0, 0.1) is 0 Å². The van der Waals surface area contributed by atoms with Gasteiger partial charge in [0.1, 0.15) is 5.75 Å². The lowest BCUT2D eigenvalue weighted by molar-refractivity contribution is 0.359. The Hall–Kier alpha value is -0.540. The fraction of sp³-hybridized carbons (Fsp3) is 0.625. The summed E-state index contributed by atoms with van der Waals surface area (Å²) in [6.07, 6.45) is 2.38. The maximum atomic E-state index is 5.77. The number of rotatable bonds is 2. The van der Waals surface area contributed by atoms with Gasteiger partial charge in [0, 0.05) is 21.1 Å². The third kappa shape index (κ3) is 2.82. The van der Waals surface area contributed by atoms with Gasteiger partial charge in [-0.15, -0.1) is 0 Å². The van der Waals surface area contributed by atoms with E-state index in [0.29, 0.717) is 0 Å². The van der Waals surface area contributed by atoms with E-state index in [-0.39, 0.29) is 11.0 Å². The van der Waals surface area contributed by atoms with Crippen molar-refractivity contribution in [3.05, 3.63) is 27.7 Å². The predicted molar refractivity (Wildman–Crippen MR) is 84.0 cm³/mol. The van der Waals surface area contributed by atoms with Gasteiger partial charge in [-0.2, -0.15) is 0 Å². The van der Waals surface area contributed by atoms with E-state index in [4.69, 9.17) is 4.74 Å². The van der Waals surface area contributed by atoms with E-state index < -0.39 is 0 Å². The molecule has 1 heterocycles. The molecule has 1 N–H and O–H groups in total. The molecule has 0 radical (unpaired) electrons. The highest BCUT2D eigenvalue weighted by molar-refractivity contribution is 9.10. The number of ether oxygens (including phenoxy) is 1. The molecule has 1 fully saturated rings. The standard InChI is InChI=1S/C16H24BrNO/c1-15(2,3)12-9-11(17)10-13(14(12)19-5)16(4)7-6-8-18-16/h9-10,18H,6-8H2,1-5H3. The van der Waals surface area contributed by atoms with E-state index in [1.807, 2.05) is 0 Å². The van der Waals surface area contributed by atoms with Crippen molar-refractivity contribution in [1.29, 1.82) is 0 Å². The minimum atomic E-state index is 0.0229. The maximum absolute atomic E-state index is 5.77. The van der Waals surface area contributed by atoms with Gasteiger partial charge in [0.25, 0.3) is 0 Å². The molecule has 1 aliphatic heterocycles. The SMILES string of the molecule is COc1c(C(C)(C)C)cc(Br)cc1C1(C)CCCN1. The average Bonchev–Trinajstić information content (AvgIpc) is 2.75. The summed E-state index contributed by atoms with van der Waals surface area (Å²) in [4.78, 5) is 0. The van der Waals surface area contributed by atoms with Crippen LogP contribution in [0.15, 0.2) is 16.6 Å². The van der Waals surface area contributed by atoms with Crippen LogP contribution in [0.3, 0.4) is 0 Å². The highest BCUT2D eigenvalue weighted by Crippen LogP contribution is 2.43. The summed E-state index contributed by atoms with van der Waals surface area (Å²) in [6.45, 7) is 10.0. The molecule has 2 nitrogen and oxygen atoms in total. The van der Waals surface area contributed by atoms with E-state index in [1.165, 1.54) is 17.5 Å². The monoisotopic (exact) mass is 325 g/mol. The lowest BCUT2D eigenvalue weighted by Crippen LogP contribution is -2.34. The van der Waals surface area contributed by atoms with Crippen LogP contribution in [0.5, 0.6) is 5.75 Å². The van der Waals surface area contributed by atoms with Crippen LogP contribution in [-0.4, -0.2) is 13.7 Å². The molecule has 0 bridgehead atoms. The summed E-state index contributed by atoms with van der Waals surface area (Å²) in [6, 6.07) is 4.38. The van der Waals surface area contributed by atoms with E-state index in [0.717, 1.165) is 23.2 Å². The van der Waals surface area contributed by atoms with Gasteiger partial charge in [0.15, 0.2) is 0 Å². The van der Waals surface area contributed by atoms with Crippen LogP contribution in [-0.2, 0) is 11.0 Å². The van der Waals surface area contributed by atoms with Crippen molar-refractivity contribution in [3.8, 4) is 5.75 Å². The fourth-order valence-electron chi connectivity index (χ4n) is 2.90. The Morgan fingerprint density at radius 3 is 2.47 bits per heavy atom. The topological polar surface area (TPSA) is 21.3 Å². The molecule has 0 amide bonds. The second-order valence-corrected chi connectivity index (χ2v) is 7.56. The minimum Gasteiger partial charge on any atom is -0.496 e. The normalized spacial score (nSPS) is 23.7. The molecule has 1 aromatic rings. The van der Waals surface area contributed by atoms with Crippen molar-refractivity contribution < 1.29 is 4.74 Å². The molecule has 1 aromatic carbocycles. The van der Waals surface area contributed by atoms with E-state index in [9.17, 15) is 0 Å². The molecule has 1 unspecified atom stereocenters. The molecule has 0 aromatic heterocycles. The molecular formula is C16H24BrNO. The molecule has 0 spiro atoms. The quantitative estimate of drug-likeness (QED) is 0.872. The number of halogens is 1. The number of hydrogen-bond acceptors (Lipinski definition) is 2. The Kier molecular flexibility index (Phi) is 3.99. The molecule has 0 aliphatic carbocycles. The van der Waals surface area contributed by atoms with Crippen LogP contribution in [0.2, 0.25) is 0 Å². The lowest BCUT2D eigenvalue weighted by Gasteiger charge is -2.31. The van der Waals surface area contributed by atoms with Gasteiger partial charge in [-0.25, -0.2) is 0 Å². The van der Waals surface area contributed by atoms with E-state index >= 15 is 0 Å². The van der Waals surface area contributed by atoms with Crippen molar-refractivity contribution in [3.63, 3.8) is 0 Å². The molecular weight excluding hydrogens is 302 g/mol. The molecule has 106 valence electrons. The van der Waals surface area contributed by atoms with Crippen LogP contribution < -0.4 is 10.1 Å². The molecule has 19 heavy (non-hydrogen) atoms. The first-order chi connectivity index (χ1) is 8.78. The zero-order valence-electron chi connectivity index (χ0n) is 12.6. The van der Waals surface area contributed by atoms with Crippen LogP contribution in [0.1, 0.15) is 51.7 Å². The molecule has 0 saturated carbocycles. The first-order valence-electron chi connectivity index (χ1n) is 6.91. The highest BCUT2D eigenvalue weighted by Gasteiger charge is 2.35. The van der Waals surface area contributed by atoms with Crippen LogP contribution >= 0.6 is 15.9 Å². The van der Waals surface area contributed by atoms with Crippen LogP contribution in [0.25, 0.3) is 0 Å². The van der Waals surface area contributed by atoms with Crippen molar-refractivity contribution in [1.82, 2.24) is 5.32 Å². The second-order valence-electron chi connectivity index (χ2n) is 6.65. The molecule has 2 rings (SSSR count). The van der Waals surface area contributed by atoms with Crippen molar-refractivity contribution in [2.45, 2.75) is 51.5 Å². The summed E-state index contributed by atoms with van der Waals surface area (Å²) in [5.41, 5.74) is 2.62. The zero-order valence-corrected chi connectivity index (χ0v) is 14.1. The largest absolute Gasteiger partial charge is 0.496 e. The van der Waals surface area contributed by atoms with Gasteiger partial charge in [0.05, 0.1) is 7.11 Å². The second kappa shape index (κ2) is 5.10. The number of hydrogen-bond donors (Lipinski definition) is 1. The number of methoxy groups -OCH3 is 1. The Bertz CT molecular complexity index is 470. The summed E-state index contributed by atoms with van der Waals surface area (Å²) < 4.78 is 6.90. The Labute approximate surface area is 125 Å². The Morgan fingerprint density at radius 1 is 1.32 bits per heavy atom. The summed E-state index contributed by atoms with van der Waals surface area (Å²) in [5.74, 6) is 1.03. The van der Waals surface area contributed by atoms with Crippen molar-refractivity contribution >= 4 is 15.9 Å². The van der Waals surface area contributed by atoms with Gasteiger partial charge < -0.3 is 10.1 Å². The maximum Gasteiger partial charge on any atom is 0.127 e. The lowest BCUT2D eigenvalue weighted by atomic mass is 9.81. The fourth-order valence-corrected chi connectivity index (χ4v) is 3.36. The summed E-state index contributed by atoms with van der Waals surface area (Å²) in [5, 5.41) is 3.63. The van der Waals surface area contributed by atoms with Gasteiger partial charge in [-0.3, -0.25) is 0 Å². The molecule has 1 atom stereocenters. The Balaban J connectivity index is 2.63. The first-order valence-corrected chi connectivity index (χ1v) is 7.71. The summed E-state index contributed by atoms with van der Waals surface area (Å²) in [7, 11) is 1.78. The van der Waals surface area contributed by atoms with Gasteiger partial charge >= 0.3 is 0 Å². The zero-order chi connectivity index (χ0) is 14.3. The van der Waals surface area contributed by atoms with E-state index in [2.05, 4.69) is 61.1 Å². The Morgan fingerprint density at radius 2 is 2.00 bits per heavy atom. The van der Waals surface area contributed by atoms with Gasteiger partial charge in [-0.05, 0) is 43.9 Å². The average molecular weight is 326 g/mol.